The Kier molecular flexibility index (Phi) is 6.49. The molecule has 1 atom stereocenters. The lowest BCUT2D eigenvalue weighted by molar-refractivity contribution is -0.117. The van der Waals surface area contributed by atoms with Gasteiger partial charge in [-0.05, 0) is 55.7 Å². The molecule has 1 N–H and O–H groups in total. The van der Waals surface area contributed by atoms with E-state index in [-0.39, 0.29) is 0 Å². The summed E-state index contributed by atoms with van der Waals surface area (Å²) in [5.74, 6) is 0.101. The van der Waals surface area contributed by atoms with E-state index in [9.17, 15) is 13.2 Å². The predicted molar refractivity (Wildman–Crippen MR) is 109 cm³/mol. The van der Waals surface area contributed by atoms with Crippen LogP contribution < -0.4 is 14.4 Å². The van der Waals surface area contributed by atoms with Gasteiger partial charge in [0, 0.05) is 0 Å². The number of benzene rings is 2. The van der Waals surface area contributed by atoms with Gasteiger partial charge in [0.1, 0.15) is 11.8 Å². The summed E-state index contributed by atoms with van der Waals surface area (Å²) < 4.78 is 31.6. The molecule has 0 saturated carbocycles. The van der Waals surface area contributed by atoms with Crippen molar-refractivity contribution in [2.45, 2.75) is 33.2 Å². The Morgan fingerprint density at radius 2 is 1.74 bits per heavy atom. The van der Waals surface area contributed by atoms with Gasteiger partial charge in [-0.1, -0.05) is 25.1 Å². The highest BCUT2D eigenvalue weighted by Gasteiger charge is 2.32. The van der Waals surface area contributed by atoms with Crippen LogP contribution in [0.4, 0.5) is 11.4 Å². The number of carbonyl (C=O) groups excluding carboxylic acids is 1. The van der Waals surface area contributed by atoms with Crippen LogP contribution in [0.1, 0.15) is 24.5 Å². The van der Waals surface area contributed by atoms with Gasteiger partial charge in [0.15, 0.2) is 0 Å². The zero-order valence-corrected chi connectivity index (χ0v) is 17.1. The number of nitrogens with zero attached hydrogens (tertiary/aromatic N) is 1. The number of carbonyl (C=O) groups is 1. The minimum absolute atomic E-state index is 0.320. The number of hydrogen-bond donors (Lipinski definition) is 1. The molecular weight excluding hydrogens is 364 g/mol. The van der Waals surface area contributed by atoms with Crippen molar-refractivity contribution in [2.75, 3.05) is 23.0 Å². The largest absolute Gasteiger partial charge is 0.495 e. The lowest BCUT2D eigenvalue weighted by Crippen LogP contribution is -2.47. The van der Waals surface area contributed by atoms with Gasteiger partial charge in [0.2, 0.25) is 15.9 Å². The Morgan fingerprint density at radius 1 is 1.15 bits per heavy atom. The summed E-state index contributed by atoms with van der Waals surface area (Å²) in [4.78, 5) is 13.0. The zero-order valence-electron chi connectivity index (χ0n) is 16.3. The first-order valence-electron chi connectivity index (χ1n) is 8.69. The topological polar surface area (TPSA) is 75.7 Å². The van der Waals surface area contributed by atoms with Crippen LogP contribution >= 0.6 is 0 Å². The summed E-state index contributed by atoms with van der Waals surface area (Å²) in [7, 11) is -2.16. The molecule has 7 heteroatoms. The molecule has 27 heavy (non-hydrogen) atoms. The number of methoxy groups -OCH3 is 1. The monoisotopic (exact) mass is 390 g/mol. The lowest BCUT2D eigenvalue weighted by atomic mass is 10.1. The number of aryl methyl sites for hydroxylation is 2. The molecule has 2 rings (SSSR count). The number of hydrogen-bond acceptors (Lipinski definition) is 4. The highest BCUT2D eigenvalue weighted by atomic mass is 32.2. The first-order valence-corrected chi connectivity index (χ1v) is 10.5. The molecule has 0 aliphatic heterocycles. The third-order valence-electron chi connectivity index (χ3n) is 4.16. The maximum absolute atomic E-state index is 13.0. The van der Waals surface area contributed by atoms with Crippen molar-refractivity contribution in [3.05, 3.63) is 53.6 Å². The Bertz CT molecular complexity index is 905. The van der Waals surface area contributed by atoms with Crippen LogP contribution in [0, 0.1) is 13.8 Å². The minimum Gasteiger partial charge on any atom is -0.495 e. The van der Waals surface area contributed by atoms with Crippen molar-refractivity contribution in [2.24, 2.45) is 0 Å². The van der Waals surface area contributed by atoms with Crippen LogP contribution in [0.25, 0.3) is 0 Å². The fourth-order valence-corrected chi connectivity index (χ4v) is 4.30. The molecular formula is C20H26N2O4S. The van der Waals surface area contributed by atoms with Crippen LogP contribution in [0.15, 0.2) is 42.5 Å². The van der Waals surface area contributed by atoms with E-state index >= 15 is 0 Å². The maximum Gasteiger partial charge on any atom is 0.248 e. The van der Waals surface area contributed by atoms with Crippen LogP contribution in [0.5, 0.6) is 5.75 Å². The van der Waals surface area contributed by atoms with E-state index in [0.717, 1.165) is 17.4 Å². The number of nitrogens with one attached hydrogen (secondary N) is 1. The van der Waals surface area contributed by atoms with Gasteiger partial charge in [-0.3, -0.25) is 9.10 Å². The van der Waals surface area contributed by atoms with Crippen LogP contribution in [0.2, 0.25) is 0 Å². The van der Waals surface area contributed by atoms with Crippen molar-refractivity contribution in [3.63, 3.8) is 0 Å². The quantitative estimate of drug-likeness (QED) is 0.785. The van der Waals surface area contributed by atoms with Gasteiger partial charge in [-0.2, -0.15) is 0 Å². The summed E-state index contributed by atoms with van der Waals surface area (Å²) in [5, 5.41) is 2.79. The van der Waals surface area contributed by atoms with Gasteiger partial charge < -0.3 is 10.1 Å². The van der Waals surface area contributed by atoms with E-state index in [1.807, 2.05) is 19.9 Å². The van der Waals surface area contributed by atoms with E-state index in [0.29, 0.717) is 23.5 Å². The van der Waals surface area contributed by atoms with Crippen molar-refractivity contribution < 1.29 is 17.9 Å². The Morgan fingerprint density at radius 3 is 2.26 bits per heavy atom. The highest BCUT2D eigenvalue weighted by molar-refractivity contribution is 7.92. The molecule has 146 valence electrons. The SMILES string of the molecule is CCC(C(=O)Nc1ccccc1OC)N(c1cc(C)cc(C)c1)S(C)(=O)=O. The van der Waals surface area contributed by atoms with Gasteiger partial charge in [0.25, 0.3) is 0 Å². The molecule has 0 saturated heterocycles. The molecule has 0 heterocycles. The van der Waals surface area contributed by atoms with Crippen LogP contribution in [-0.2, 0) is 14.8 Å². The van der Waals surface area contributed by atoms with Crippen LogP contribution in [0.3, 0.4) is 0 Å². The number of sulfonamides is 1. The first kappa shape index (κ1) is 20.8. The summed E-state index contributed by atoms with van der Waals surface area (Å²) in [6.45, 7) is 5.58. The number of amides is 1. The molecule has 2 aromatic rings. The van der Waals surface area contributed by atoms with Gasteiger partial charge in [-0.15, -0.1) is 0 Å². The third kappa shape index (κ3) is 5.01. The van der Waals surface area contributed by atoms with E-state index in [1.54, 1.807) is 43.3 Å². The molecule has 1 amide bonds. The Hall–Kier alpha value is -2.54. The molecule has 1 unspecified atom stereocenters. The second kappa shape index (κ2) is 8.43. The number of ether oxygens (including phenoxy) is 1. The number of rotatable bonds is 7. The predicted octanol–water partition coefficient (Wildman–Crippen LogP) is 3.50. The fraction of sp³-hybridized carbons (Fsp3) is 0.350. The second-order valence-corrected chi connectivity index (χ2v) is 8.38. The molecule has 2 aromatic carbocycles. The van der Waals surface area contributed by atoms with Crippen molar-refractivity contribution in [3.8, 4) is 5.75 Å². The normalized spacial score (nSPS) is 12.3. The average Bonchev–Trinajstić information content (AvgIpc) is 2.57. The summed E-state index contributed by atoms with van der Waals surface area (Å²) in [6.07, 6.45) is 1.44. The fourth-order valence-electron chi connectivity index (χ4n) is 3.10. The number of anilines is 2. The summed E-state index contributed by atoms with van der Waals surface area (Å²) in [6, 6.07) is 11.6. The number of para-hydroxylation sites is 2. The van der Waals surface area contributed by atoms with Gasteiger partial charge >= 0.3 is 0 Å². The molecule has 0 aliphatic rings. The molecule has 0 spiro atoms. The molecule has 0 fully saturated rings. The van der Waals surface area contributed by atoms with Crippen LogP contribution in [-0.4, -0.2) is 33.7 Å². The summed E-state index contributed by atoms with van der Waals surface area (Å²) >= 11 is 0. The van der Waals surface area contributed by atoms with Gasteiger partial charge in [-0.25, -0.2) is 8.42 Å². The molecule has 0 radical (unpaired) electrons. The second-order valence-electron chi connectivity index (χ2n) is 6.52. The molecule has 0 aromatic heterocycles. The van der Waals surface area contributed by atoms with Crippen molar-refractivity contribution in [1.82, 2.24) is 0 Å². The maximum atomic E-state index is 13.0. The first-order chi connectivity index (χ1) is 12.7. The van der Waals surface area contributed by atoms with Crippen molar-refractivity contribution >= 4 is 27.3 Å². The highest BCUT2D eigenvalue weighted by Crippen LogP contribution is 2.27. The molecule has 0 bridgehead atoms. The average molecular weight is 391 g/mol. The summed E-state index contributed by atoms with van der Waals surface area (Å²) in [5.41, 5.74) is 2.84. The van der Waals surface area contributed by atoms with E-state index < -0.39 is 22.0 Å². The smallest absolute Gasteiger partial charge is 0.248 e. The Labute approximate surface area is 161 Å². The Balaban J connectivity index is 2.44. The van der Waals surface area contributed by atoms with Crippen molar-refractivity contribution in [1.29, 1.82) is 0 Å². The van der Waals surface area contributed by atoms with Gasteiger partial charge in [0.05, 0.1) is 24.7 Å². The lowest BCUT2D eigenvalue weighted by Gasteiger charge is -2.30. The molecule has 0 aliphatic carbocycles. The van der Waals surface area contributed by atoms with E-state index in [1.165, 1.54) is 11.4 Å². The zero-order chi connectivity index (χ0) is 20.2. The standard InChI is InChI=1S/C20H26N2O4S/c1-6-18(20(23)21-17-9-7-8-10-19(17)26-4)22(27(5,24)25)16-12-14(2)11-15(3)13-16/h7-13,18H,6H2,1-5H3,(H,21,23). The molecule has 6 nitrogen and oxygen atoms in total. The van der Waals surface area contributed by atoms with E-state index in [4.69, 9.17) is 4.74 Å². The minimum atomic E-state index is -3.67. The third-order valence-corrected chi connectivity index (χ3v) is 5.34. The van der Waals surface area contributed by atoms with E-state index in [2.05, 4.69) is 5.32 Å².